The van der Waals surface area contributed by atoms with Gasteiger partial charge in [0.25, 0.3) is 0 Å². The van der Waals surface area contributed by atoms with Gasteiger partial charge >= 0.3 is 0 Å². The summed E-state index contributed by atoms with van der Waals surface area (Å²) < 4.78 is 0. The van der Waals surface area contributed by atoms with E-state index < -0.39 is 0 Å². The molecule has 3 N–H and O–H groups in total. The van der Waals surface area contributed by atoms with Crippen LogP contribution in [0.25, 0.3) is 6.08 Å². The van der Waals surface area contributed by atoms with Crippen molar-refractivity contribution in [3.8, 4) is 0 Å². The van der Waals surface area contributed by atoms with E-state index in [1.54, 1.807) is 6.08 Å². The molecule has 0 bridgehead atoms. The molecule has 25 heavy (non-hydrogen) atoms. The molecule has 0 fully saturated rings. The largest absolute Gasteiger partial charge is 0.324 e. The van der Waals surface area contributed by atoms with Gasteiger partial charge in [0.2, 0.25) is 5.91 Å². The maximum Gasteiger partial charge on any atom is 0.248 e. The van der Waals surface area contributed by atoms with E-state index in [-0.39, 0.29) is 17.4 Å². The van der Waals surface area contributed by atoms with E-state index in [1.807, 2.05) is 30.3 Å². The summed E-state index contributed by atoms with van der Waals surface area (Å²) >= 11 is 0. The molecular weight excluding hydrogens is 308 g/mol. The highest BCUT2D eigenvalue weighted by Gasteiger charge is 2.19. The van der Waals surface area contributed by atoms with Gasteiger partial charge in [-0.1, -0.05) is 51.1 Å². The van der Waals surface area contributed by atoms with Crippen LogP contribution in [-0.2, 0) is 16.6 Å². The van der Waals surface area contributed by atoms with Crippen LogP contribution in [0.3, 0.4) is 0 Å². The number of rotatable bonds is 3. The summed E-state index contributed by atoms with van der Waals surface area (Å²) in [5, 5.41) is 2.92. The van der Waals surface area contributed by atoms with Gasteiger partial charge in [0.15, 0.2) is 0 Å². The van der Waals surface area contributed by atoms with Crippen molar-refractivity contribution in [3.63, 3.8) is 0 Å². The summed E-state index contributed by atoms with van der Waals surface area (Å²) in [6, 6.07) is 14.4. The number of hydrogen-bond donors (Lipinski definition) is 2. The molecule has 3 heteroatoms. The Morgan fingerprint density at radius 3 is 2.56 bits per heavy atom. The van der Waals surface area contributed by atoms with Crippen molar-refractivity contribution in [1.82, 2.24) is 0 Å². The van der Waals surface area contributed by atoms with Crippen molar-refractivity contribution in [2.45, 2.75) is 45.1 Å². The first-order valence-corrected chi connectivity index (χ1v) is 8.81. The van der Waals surface area contributed by atoms with E-state index in [1.165, 1.54) is 11.1 Å². The molecule has 0 aromatic heterocycles. The van der Waals surface area contributed by atoms with Crippen LogP contribution in [0.15, 0.2) is 48.5 Å². The topological polar surface area (TPSA) is 55.1 Å². The minimum Gasteiger partial charge on any atom is -0.324 e. The van der Waals surface area contributed by atoms with Crippen molar-refractivity contribution in [2.24, 2.45) is 5.73 Å². The smallest absolute Gasteiger partial charge is 0.248 e. The van der Waals surface area contributed by atoms with Gasteiger partial charge in [-0.05, 0) is 58.7 Å². The summed E-state index contributed by atoms with van der Waals surface area (Å²) in [6.45, 7) is 6.56. The number of carbonyl (C=O) groups excluding carboxylic acids is 1. The third kappa shape index (κ3) is 4.18. The van der Waals surface area contributed by atoms with Crippen molar-refractivity contribution in [3.05, 3.63) is 70.8 Å². The minimum absolute atomic E-state index is 0.0868. The maximum absolute atomic E-state index is 12.2. The van der Waals surface area contributed by atoms with Gasteiger partial charge < -0.3 is 11.1 Å². The predicted molar refractivity (Wildman–Crippen MR) is 104 cm³/mol. The van der Waals surface area contributed by atoms with Crippen LogP contribution in [0.5, 0.6) is 0 Å². The van der Waals surface area contributed by atoms with Gasteiger partial charge in [0, 0.05) is 17.8 Å². The Kier molecular flexibility index (Phi) is 4.78. The Balaban J connectivity index is 1.64. The van der Waals surface area contributed by atoms with Gasteiger partial charge in [-0.3, -0.25) is 4.79 Å². The van der Waals surface area contributed by atoms with E-state index in [0.717, 1.165) is 29.7 Å². The lowest BCUT2D eigenvalue weighted by molar-refractivity contribution is -0.111. The summed E-state index contributed by atoms with van der Waals surface area (Å²) in [6.07, 6.45) is 5.41. The molecule has 3 rings (SSSR count). The molecule has 1 aliphatic carbocycles. The van der Waals surface area contributed by atoms with Crippen molar-refractivity contribution < 1.29 is 4.79 Å². The highest BCUT2D eigenvalue weighted by Crippen LogP contribution is 2.31. The number of fused-ring (bicyclic) bond motifs is 1. The molecule has 0 saturated carbocycles. The Bertz CT molecular complexity index is 798. The molecule has 0 radical (unpaired) electrons. The van der Waals surface area contributed by atoms with E-state index >= 15 is 0 Å². The van der Waals surface area contributed by atoms with Gasteiger partial charge in [-0.2, -0.15) is 0 Å². The molecule has 0 spiro atoms. The molecule has 130 valence electrons. The molecule has 3 nitrogen and oxygen atoms in total. The molecule has 1 aliphatic rings. The number of hydrogen-bond acceptors (Lipinski definition) is 2. The van der Waals surface area contributed by atoms with E-state index in [2.05, 4.69) is 44.3 Å². The van der Waals surface area contributed by atoms with Crippen LogP contribution in [-0.4, -0.2) is 5.91 Å². The first-order valence-electron chi connectivity index (χ1n) is 8.81. The first kappa shape index (κ1) is 17.4. The lowest BCUT2D eigenvalue weighted by Crippen LogP contribution is -2.10. The van der Waals surface area contributed by atoms with Crippen LogP contribution in [0.4, 0.5) is 5.69 Å². The summed E-state index contributed by atoms with van der Waals surface area (Å²) in [4.78, 5) is 12.2. The summed E-state index contributed by atoms with van der Waals surface area (Å²) in [5.41, 5.74) is 11.8. The minimum atomic E-state index is -0.133. The third-order valence-corrected chi connectivity index (χ3v) is 4.74. The standard InChI is InChI=1S/C22H26N2O/c1-22(2,3)17-9-4-15(5-10-17)6-13-21(25)24-18-11-7-16-8-12-20(23)19(16)14-18/h4-7,9-11,13-14,20H,8,12,23H2,1-3H3,(H,24,25)/b13-6+. The van der Waals surface area contributed by atoms with Gasteiger partial charge in [-0.15, -0.1) is 0 Å². The maximum atomic E-state index is 12.2. The van der Waals surface area contributed by atoms with E-state index in [9.17, 15) is 4.79 Å². The Hall–Kier alpha value is -2.39. The molecule has 1 atom stereocenters. The van der Waals surface area contributed by atoms with E-state index in [4.69, 9.17) is 5.73 Å². The van der Waals surface area contributed by atoms with Crippen LogP contribution in [0.1, 0.15) is 55.5 Å². The molecule has 2 aromatic rings. The average Bonchev–Trinajstić information content (AvgIpc) is 2.93. The number of aryl methyl sites for hydroxylation is 1. The predicted octanol–water partition coefficient (Wildman–Crippen LogP) is 4.58. The third-order valence-electron chi connectivity index (χ3n) is 4.74. The van der Waals surface area contributed by atoms with Crippen LogP contribution >= 0.6 is 0 Å². The molecule has 2 aromatic carbocycles. The number of amides is 1. The first-order chi connectivity index (χ1) is 11.8. The molecule has 0 heterocycles. The van der Waals surface area contributed by atoms with Crippen LogP contribution in [0.2, 0.25) is 0 Å². The number of carbonyl (C=O) groups is 1. The number of benzene rings is 2. The second kappa shape index (κ2) is 6.85. The van der Waals surface area contributed by atoms with Crippen LogP contribution < -0.4 is 11.1 Å². The highest BCUT2D eigenvalue weighted by atomic mass is 16.1. The Morgan fingerprint density at radius 2 is 1.88 bits per heavy atom. The monoisotopic (exact) mass is 334 g/mol. The highest BCUT2D eigenvalue weighted by molar-refractivity contribution is 6.02. The molecule has 1 amide bonds. The number of anilines is 1. The lowest BCUT2D eigenvalue weighted by atomic mass is 9.87. The van der Waals surface area contributed by atoms with Crippen molar-refractivity contribution >= 4 is 17.7 Å². The molecular formula is C22H26N2O. The van der Waals surface area contributed by atoms with Crippen molar-refractivity contribution in [2.75, 3.05) is 5.32 Å². The van der Waals surface area contributed by atoms with Gasteiger partial charge in [0.1, 0.15) is 0 Å². The molecule has 0 saturated heterocycles. The second-order valence-electron chi connectivity index (χ2n) is 7.75. The zero-order valence-electron chi connectivity index (χ0n) is 15.2. The zero-order valence-corrected chi connectivity index (χ0v) is 15.2. The van der Waals surface area contributed by atoms with Gasteiger partial charge in [-0.25, -0.2) is 0 Å². The quantitative estimate of drug-likeness (QED) is 0.807. The fourth-order valence-electron chi connectivity index (χ4n) is 3.16. The number of nitrogens with one attached hydrogen (secondary N) is 1. The second-order valence-corrected chi connectivity index (χ2v) is 7.75. The fraction of sp³-hybridized carbons (Fsp3) is 0.318. The van der Waals surface area contributed by atoms with Crippen LogP contribution in [0, 0.1) is 0 Å². The normalized spacial score (nSPS) is 16.9. The summed E-state index contributed by atoms with van der Waals surface area (Å²) in [7, 11) is 0. The Labute approximate surface area is 149 Å². The zero-order chi connectivity index (χ0) is 18.0. The van der Waals surface area contributed by atoms with Crippen molar-refractivity contribution in [1.29, 1.82) is 0 Å². The van der Waals surface area contributed by atoms with Gasteiger partial charge in [0.05, 0.1) is 0 Å². The SMILES string of the molecule is CC(C)(C)c1ccc(/C=C/C(=O)Nc2ccc3c(c2)C(N)CC3)cc1. The lowest BCUT2D eigenvalue weighted by Gasteiger charge is -2.18. The Morgan fingerprint density at radius 1 is 1.16 bits per heavy atom. The molecule has 0 aliphatic heterocycles. The summed E-state index contributed by atoms with van der Waals surface area (Å²) in [5.74, 6) is -0.133. The van der Waals surface area contributed by atoms with E-state index in [0.29, 0.717) is 0 Å². The number of nitrogens with two attached hydrogens (primary N) is 1. The molecule has 1 unspecified atom stereocenters. The average molecular weight is 334 g/mol. The fourth-order valence-corrected chi connectivity index (χ4v) is 3.16.